The number of benzene rings is 6. The molecule has 3 heterocycles. The molecule has 0 radical (unpaired) electrons. The molecule has 0 saturated heterocycles. The zero-order chi connectivity index (χ0) is 28.8. The third-order valence-corrected chi connectivity index (χ3v) is 10.6. The summed E-state index contributed by atoms with van der Waals surface area (Å²) in [4.78, 5) is 2.42. The molecular weight excluding hydrogens is 557 g/mol. The molecule has 0 saturated carbocycles. The molecule has 3 heteroatoms. The molecule has 0 atom stereocenters. The summed E-state index contributed by atoms with van der Waals surface area (Å²) in [7, 11) is 0. The van der Waals surface area contributed by atoms with Crippen molar-refractivity contribution in [3.8, 4) is 43.5 Å². The molecule has 1 aliphatic heterocycles. The van der Waals surface area contributed by atoms with E-state index in [0.717, 1.165) is 33.6 Å². The van der Waals surface area contributed by atoms with Gasteiger partial charge in [-0.1, -0.05) is 109 Å². The maximum atomic E-state index is 6.74. The predicted molar refractivity (Wildman–Crippen MR) is 180 cm³/mol. The van der Waals surface area contributed by atoms with Crippen molar-refractivity contribution in [3.63, 3.8) is 0 Å². The van der Waals surface area contributed by atoms with E-state index >= 15 is 0 Å². The van der Waals surface area contributed by atoms with Crippen LogP contribution in [-0.4, -0.2) is 0 Å². The highest BCUT2D eigenvalue weighted by molar-refractivity contribution is 7.19. The van der Waals surface area contributed by atoms with Gasteiger partial charge < -0.3 is 9.15 Å². The molecule has 44 heavy (non-hydrogen) atoms. The largest absolute Gasteiger partial charge is 0.457 e. The van der Waals surface area contributed by atoms with Crippen LogP contribution >= 0.6 is 11.3 Å². The molecule has 1 aliphatic carbocycles. The van der Waals surface area contributed by atoms with Crippen LogP contribution in [0.4, 0.5) is 0 Å². The lowest BCUT2D eigenvalue weighted by atomic mass is 9.66. The van der Waals surface area contributed by atoms with Gasteiger partial charge in [0.1, 0.15) is 22.7 Å². The number of fused-ring (bicyclic) bond motifs is 12. The lowest BCUT2D eigenvalue weighted by molar-refractivity contribution is 0.436. The van der Waals surface area contributed by atoms with Crippen LogP contribution in [0.25, 0.3) is 53.9 Å². The van der Waals surface area contributed by atoms with Gasteiger partial charge in [0.25, 0.3) is 0 Å². The lowest BCUT2D eigenvalue weighted by Crippen LogP contribution is -2.32. The first-order chi connectivity index (χ1) is 21.8. The summed E-state index contributed by atoms with van der Waals surface area (Å²) in [6.45, 7) is 0. The van der Waals surface area contributed by atoms with E-state index in [0.29, 0.717) is 0 Å². The third kappa shape index (κ3) is 3.09. The van der Waals surface area contributed by atoms with Crippen molar-refractivity contribution >= 4 is 33.3 Å². The van der Waals surface area contributed by atoms with E-state index in [1.165, 1.54) is 54.1 Å². The van der Waals surface area contributed by atoms with Crippen LogP contribution in [0.15, 0.2) is 150 Å². The number of ether oxygens (including phenoxy) is 1. The molecule has 0 bridgehead atoms. The van der Waals surface area contributed by atoms with Gasteiger partial charge in [-0.15, -0.1) is 11.3 Å². The van der Waals surface area contributed by atoms with Crippen molar-refractivity contribution in [1.29, 1.82) is 0 Å². The lowest BCUT2D eigenvalue weighted by Gasteiger charge is -2.39. The SMILES string of the molecule is c1ccc2c(c1)Oc1cc(-c3ccc(-c4cccc5oc6ccccc6c45)s3)ccc1C21c2ccccc2-c2ccccc21. The molecule has 0 fully saturated rings. The number of hydrogen-bond donors (Lipinski definition) is 0. The topological polar surface area (TPSA) is 22.4 Å². The average Bonchev–Trinajstić information content (AvgIpc) is 3.79. The Hall–Kier alpha value is -5.38. The summed E-state index contributed by atoms with van der Waals surface area (Å²) in [6, 6.07) is 52.1. The van der Waals surface area contributed by atoms with Gasteiger partial charge in [0.15, 0.2) is 0 Å². The number of hydrogen-bond acceptors (Lipinski definition) is 3. The number of furan rings is 1. The van der Waals surface area contributed by atoms with Crippen LogP contribution in [0.2, 0.25) is 0 Å². The fourth-order valence-electron chi connectivity index (χ4n) is 7.63. The molecule has 0 unspecified atom stereocenters. The minimum Gasteiger partial charge on any atom is -0.457 e. The molecule has 2 aliphatic rings. The zero-order valence-corrected chi connectivity index (χ0v) is 24.4. The summed E-state index contributed by atoms with van der Waals surface area (Å²) < 4.78 is 12.9. The Labute approximate surface area is 258 Å². The van der Waals surface area contributed by atoms with Gasteiger partial charge in [0, 0.05) is 37.2 Å². The Bertz CT molecular complexity index is 2400. The molecule has 1 spiro atoms. The first kappa shape index (κ1) is 24.1. The van der Waals surface area contributed by atoms with E-state index in [-0.39, 0.29) is 0 Å². The quantitative estimate of drug-likeness (QED) is 0.203. The van der Waals surface area contributed by atoms with Crippen molar-refractivity contribution < 1.29 is 9.15 Å². The molecule has 6 aromatic carbocycles. The molecule has 0 N–H and O–H groups in total. The normalized spacial score (nSPS) is 13.8. The first-order valence-corrected chi connectivity index (χ1v) is 15.7. The highest BCUT2D eigenvalue weighted by Crippen LogP contribution is 2.62. The van der Waals surface area contributed by atoms with Crippen molar-refractivity contribution in [1.82, 2.24) is 0 Å². The highest BCUT2D eigenvalue weighted by atomic mass is 32.1. The van der Waals surface area contributed by atoms with E-state index in [1.54, 1.807) is 11.3 Å². The van der Waals surface area contributed by atoms with Gasteiger partial charge in [-0.25, -0.2) is 0 Å². The molecule has 8 aromatic rings. The van der Waals surface area contributed by atoms with Crippen molar-refractivity contribution in [2.24, 2.45) is 0 Å². The van der Waals surface area contributed by atoms with Crippen molar-refractivity contribution in [3.05, 3.63) is 168 Å². The summed E-state index contributed by atoms with van der Waals surface area (Å²) >= 11 is 1.81. The summed E-state index contributed by atoms with van der Waals surface area (Å²) in [5.41, 5.74) is 11.3. The van der Waals surface area contributed by atoms with Crippen LogP contribution in [-0.2, 0) is 5.41 Å². The first-order valence-electron chi connectivity index (χ1n) is 14.9. The zero-order valence-electron chi connectivity index (χ0n) is 23.6. The van der Waals surface area contributed by atoms with Crippen LogP contribution in [0.3, 0.4) is 0 Å². The van der Waals surface area contributed by atoms with Crippen LogP contribution in [0.5, 0.6) is 11.5 Å². The molecule has 10 rings (SSSR count). The van der Waals surface area contributed by atoms with E-state index in [2.05, 4.69) is 133 Å². The second kappa shape index (κ2) is 8.82. The number of rotatable bonds is 2. The van der Waals surface area contributed by atoms with Gasteiger partial charge in [-0.05, 0) is 64.2 Å². The fraction of sp³-hybridized carbons (Fsp3) is 0.0244. The van der Waals surface area contributed by atoms with E-state index in [1.807, 2.05) is 12.1 Å². The molecular formula is C41H24O2S. The second-order valence-electron chi connectivity index (χ2n) is 11.6. The van der Waals surface area contributed by atoms with Gasteiger partial charge in [0.2, 0.25) is 0 Å². The maximum absolute atomic E-state index is 6.74. The molecule has 2 nitrogen and oxygen atoms in total. The monoisotopic (exact) mass is 580 g/mol. The molecule has 2 aromatic heterocycles. The maximum Gasteiger partial charge on any atom is 0.136 e. The highest BCUT2D eigenvalue weighted by Gasteiger charge is 2.50. The molecule has 206 valence electrons. The predicted octanol–water partition coefficient (Wildman–Crippen LogP) is 11.5. The number of thiophene rings is 1. The van der Waals surface area contributed by atoms with E-state index < -0.39 is 5.41 Å². The minimum absolute atomic E-state index is 0.436. The second-order valence-corrected chi connectivity index (χ2v) is 12.7. The van der Waals surface area contributed by atoms with E-state index in [4.69, 9.17) is 9.15 Å². The van der Waals surface area contributed by atoms with Gasteiger partial charge in [-0.3, -0.25) is 0 Å². The third-order valence-electron chi connectivity index (χ3n) is 9.41. The summed E-state index contributed by atoms with van der Waals surface area (Å²) in [6.07, 6.45) is 0. The van der Waals surface area contributed by atoms with Crippen molar-refractivity contribution in [2.45, 2.75) is 5.41 Å². The van der Waals surface area contributed by atoms with Crippen LogP contribution < -0.4 is 4.74 Å². The summed E-state index contributed by atoms with van der Waals surface area (Å²) in [5.74, 6) is 1.82. The van der Waals surface area contributed by atoms with Gasteiger partial charge >= 0.3 is 0 Å². The minimum atomic E-state index is -0.436. The van der Waals surface area contributed by atoms with Crippen LogP contribution in [0.1, 0.15) is 22.3 Å². The Balaban J connectivity index is 1.16. The van der Waals surface area contributed by atoms with Gasteiger partial charge in [0.05, 0.1) is 5.41 Å². The Morgan fingerprint density at radius 1 is 0.455 bits per heavy atom. The molecule has 0 amide bonds. The number of para-hydroxylation sites is 2. The Kier molecular flexibility index (Phi) is 4.83. The average molecular weight is 581 g/mol. The van der Waals surface area contributed by atoms with E-state index in [9.17, 15) is 0 Å². The smallest absolute Gasteiger partial charge is 0.136 e. The van der Waals surface area contributed by atoms with Gasteiger partial charge in [-0.2, -0.15) is 0 Å². The summed E-state index contributed by atoms with van der Waals surface area (Å²) in [5, 5.41) is 2.32. The Morgan fingerprint density at radius 3 is 1.93 bits per heavy atom. The van der Waals surface area contributed by atoms with Crippen LogP contribution in [0, 0.1) is 0 Å². The Morgan fingerprint density at radius 2 is 1.09 bits per heavy atom. The fourth-order valence-corrected chi connectivity index (χ4v) is 8.67. The standard InChI is InChI=1S/C41H24O2S/c1-4-14-30-26(10-1)27-11-2-5-15-31(27)41(30)32-16-6-8-18-35(32)43-37-24-25(20-21-33(37)41)38-22-23-39(44-38)29-13-9-19-36-40(29)28-12-3-7-17-34(28)42-36/h1-24H. The van der Waals surface area contributed by atoms with Crippen molar-refractivity contribution in [2.75, 3.05) is 0 Å².